The van der Waals surface area contributed by atoms with Gasteiger partial charge in [0.25, 0.3) is 0 Å². The molecule has 1 aromatic carbocycles. The zero-order chi connectivity index (χ0) is 18.6. The molecule has 1 aliphatic heterocycles. The molecule has 0 radical (unpaired) electrons. The average Bonchev–Trinajstić information content (AvgIpc) is 3.32. The fourth-order valence-corrected chi connectivity index (χ4v) is 5.19. The van der Waals surface area contributed by atoms with Gasteiger partial charge in [0.1, 0.15) is 11.4 Å². The molecule has 4 atom stereocenters. The van der Waals surface area contributed by atoms with Crippen LogP contribution in [0.1, 0.15) is 35.2 Å². The number of hydrogen-bond acceptors (Lipinski definition) is 4. The van der Waals surface area contributed by atoms with Gasteiger partial charge in [0, 0.05) is 37.8 Å². The predicted molar refractivity (Wildman–Crippen MR) is 99.2 cm³/mol. The molecule has 2 fully saturated rings. The van der Waals surface area contributed by atoms with Gasteiger partial charge in [-0.05, 0) is 48.6 Å². The van der Waals surface area contributed by atoms with Crippen LogP contribution < -0.4 is 4.74 Å². The number of para-hydroxylation sites is 1. The molecule has 2 heterocycles. The van der Waals surface area contributed by atoms with Crippen LogP contribution in [0.5, 0.6) is 5.75 Å². The number of Topliss-reactive ketones (excluding diaryl/α,β-unsaturated/α-hetero) is 1. The van der Waals surface area contributed by atoms with E-state index in [4.69, 9.17) is 4.74 Å². The van der Waals surface area contributed by atoms with Crippen LogP contribution in [0.4, 0.5) is 0 Å². The zero-order valence-corrected chi connectivity index (χ0v) is 15.3. The van der Waals surface area contributed by atoms with E-state index in [1.54, 1.807) is 17.3 Å². The second-order valence-electron chi connectivity index (χ2n) is 8.07. The molecule has 1 aromatic heterocycles. The van der Waals surface area contributed by atoms with Crippen molar-refractivity contribution in [3.05, 3.63) is 59.9 Å². The standard InChI is InChI=1S/C22H22N2O3/c1-24(13-14-7-10-23-11-8-14)21(26)19-16-6-9-22(20(16)19)12-17(25)15-4-2-3-5-18(15)27-22/h2-5,7-8,10-11,16,19-20H,6,9,12-13H2,1H3/t16-,19+,20-,22+/m0/s1. The summed E-state index contributed by atoms with van der Waals surface area (Å²) in [7, 11) is 1.85. The van der Waals surface area contributed by atoms with Crippen LogP contribution in [-0.4, -0.2) is 34.2 Å². The van der Waals surface area contributed by atoms with Gasteiger partial charge in [0.15, 0.2) is 5.78 Å². The van der Waals surface area contributed by atoms with Gasteiger partial charge >= 0.3 is 0 Å². The van der Waals surface area contributed by atoms with Crippen molar-refractivity contribution in [2.45, 2.75) is 31.4 Å². The lowest BCUT2D eigenvalue weighted by Gasteiger charge is -2.37. The molecule has 27 heavy (non-hydrogen) atoms. The highest BCUT2D eigenvalue weighted by Gasteiger charge is 2.70. The van der Waals surface area contributed by atoms with Gasteiger partial charge in [-0.15, -0.1) is 0 Å². The number of fused-ring (bicyclic) bond motifs is 3. The van der Waals surface area contributed by atoms with Crippen molar-refractivity contribution in [3.8, 4) is 5.75 Å². The monoisotopic (exact) mass is 362 g/mol. The Kier molecular flexibility index (Phi) is 3.61. The topological polar surface area (TPSA) is 59.5 Å². The van der Waals surface area contributed by atoms with E-state index in [1.165, 1.54) is 0 Å². The summed E-state index contributed by atoms with van der Waals surface area (Å²) < 4.78 is 6.38. The van der Waals surface area contributed by atoms with E-state index < -0.39 is 5.60 Å². The second kappa shape index (κ2) is 5.91. The normalized spacial score (nSPS) is 30.4. The van der Waals surface area contributed by atoms with Gasteiger partial charge < -0.3 is 9.64 Å². The molecular weight excluding hydrogens is 340 g/mol. The number of rotatable bonds is 3. The molecule has 138 valence electrons. The smallest absolute Gasteiger partial charge is 0.226 e. The Morgan fingerprint density at radius 2 is 2.04 bits per heavy atom. The minimum Gasteiger partial charge on any atom is -0.486 e. The first-order chi connectivity index (χ1) is 13.1. The lowest BCUT2D eigenvalue weighted by Crippen LogP contribution is -2.44. The molecule has 5 heteroatoms. The van der Waals surface area contributed by atoms with Gasteiger partial charge in [0.2, 0.25) is 5.91 Å². The minimum atomic E-state index is -0.492. The molecule has 2 aliphatic carbocycles. The molecular formula is C22H22N2O3. The maximum absolute atomic E-state index is 13.0. The van der Waals surface area contributed by atoms with Gasteiger partial charge in [0.05, 0.1) is 12.0 Å². The lowest BCUT2D eigenvalue weighted by atomic mass is 9.84. The fraction of sp³-hybridized carbons (Fsp3) is 0.409. The number of amides is 1. The summed E-state index contributed by atoms with van der Waals surface area (Å²) >= 11 is 0. The molecule has 0 bridgehead atoms. The number of ether oxygens (including phenoxy) is 1. The SMILES string of the molecule is CN(Cc1ccncc1)C(=O)[C@@H]1[C@@H]2CC[C@@]3(CC(=O)c4ccccc4O3)[C@@H]21. The summed E-state index contributed by atoms with van der Waals surface area (Å²) in [6, 6.07) is 11.3. The van der Waals surface area contributed by atoms with E-state index in [1.807, 2.05) is 43.4 Å². The third-order valence-corrected chi connectivity index (χ3v) is 6.47. The Labute approximate surface area is 158 Å². The van der Waals surface area contributed by atoms with Crippen molar-refractivity contribution in [2.24, 2.45) is 17.8 Å². The van der Waals surface area contributed by atoms with Crippen LogP contribution in [-0.2, 0) is 11.3 Å². The summed E-state index contributed by atoms with van der Waals surface area (Å²) in [5.41, 5.74) is 1.25. The number of aromatic nitrogens is 1. The number of pyridine rings is 1. The van der Waals surface area contributed by atoms with E-state index in [0.29, 0.717) is 30.2 Å². The van der Waals surface area contributed by atoms with Crippen molar-refractivity contribution in [1.82, 2.24) is 9.88 Å². The first kappa shape index (κ1) is 16.5. The van der Waals surface area contributed by atoms with Crippen LogP contribution in [0.3, 0.4) is 0 Å². The maximum Gasteiger partial charge on any atom is 0.226 e. The molecule has 5 rings (SSSR count). The third-order valence-electron chi connectivity index (χ3n) is 6.47. The number of ketones is 1. The Bertz CT molecular complexity index is 913. The van der Waals surface area contributed by atoms with Crippen molar-refractivity contribution >= 4 is 11.7 Å². The predicted octanol–water partition coefficient (Wildman–Crippen LogP) is 3.10. The van der Waals surface area contributed by atoms with Crippen LogP contribution in [0, 0.1) is 17.8 Å². The van der Waals surface area contributed by atoms with Crippen molar-refractivity contribution < 1.29 is 14.3 Å². The lowest BCUT2D eigenvalue weighted by molar-refractivity contribution is -0.133. The summed E-state index contributed by atoms with van der Waals surface area (Å²) in [5.74, 6) is 1.45. The maximum atomic E-state index is 13.0. The van der Waals surface area contributed by atoms with Crippen LogP contribution in [0.2, 0.25) is 0 Å². The van der Waals surface area contributed by atoms with Gasteiger partial charge in [-0.3, -0.25) is 14.6 Å². The molecule has 5 nitrogen and oxygen atoms in total. The van der Waals surface area contributed by atoms with Crippen LogP contribution >= 0.6 is 0 Å². The van der Waals surface area contributed by atoms with Crippen LogP contribution in [0.15, 0.2) is 48.8 Å². The number of nitrogens with zero attached hydrogens (tertiary/aromatic N) is 2. The van der Waals surface area contributed by atoms with Gasteiger partial charge in [-0.1, -0.05) is 12.1 Å². The van der Waals surface area contributed by atoms with E-state index in [2.05, 4.69) is 4.98 Å². The molecule has 0 N–H and O–H groups in total. The molecule has 0 unspecified atom stereocenters. The van der Waals surface area contributed by atoms with E-state index in [-0.39, 0.29) is 23.5 Å². The van der Waals surface area contributed by atoms with E-state index in [0.717, 1.165) is 18.4 Å². The zero-order valence-electron chi connectivity index (χ0n) is 15.3. The second-order valence-corrected chi connectivity index (χ2v) is 8.07. The first-order valence-corrected chi connectivity index (χ1v) is 9.54. The fourth-order valence-electron chi connectivity index (χ4n) is 5.19. The molecule has 0 saturated heterocycles. The van der Waals surface area contributed by atoms with Crippen molar-refractivity contribution in [1.29, 1.82) is 0 Å². The van der Waals surface area contributed by atoms with Crippen molar-refractivity contribution in [2.75, 3.05) is 7.05 Å². The first-order valence-electron chi connectivity index (χ1n) is 9.54. The average molecular weight is 362 g/mol. The Morgan fingerprint density at radius 3 is 2.85 bits per heavy atom. The largest absolute Gasteiger partial charge is 0.486 e. The van der Waals surface area contributed by atoms with E-state index >= 15 is 0 Å². The summed E-state index contributed by atoms with van der Waals surface area (Å²) in [5, 5.41) is 0. The summed E-state index contributed by atoms with van der Waals surface area (Å²) in [6.07, 6.45) is 5.70. The van der Waals surface area contributed by atoms with Gasteiger partial charge in [-0.2, -0.15) is 0 Å². The Balaban J connectivity index is 1.34. The molecule has 1 amide bonds. The van der Waals surface area contributed by atoms with Crippen LogP contribution in [0.25, 0.3) is 0 Å². The molecule has 2 aromatic rings. The molecule has 2 saturated carbocycles. The highest BCUT2D eigenvalue weighted by molar-refractivity contribution is 6.00. The highest BCUT2D eigenvalue weighted by Crippen LogP contribution is 2.66. The number of benzene rings is 1. The Morgan fingerprint density at radius 1 is 1.26 bits per heavy atom. The summed E-state index contributed by atoms with van der Waals surface area (Å²) in [4.78, 5) is 31.5. The molecule has 3 aliphatic rings. The van der Waals surface area contributed by atoms with Gasteiger partial charge in [-0.25, -0.2) is 0 Å². The van der Waals surface area contributed by atoms with Crippen molar-refractivity contribution in [3.63, 3.8) is 0 Å². The quantitative estimate of drug-likeness (QED) is 0.842. The Hall–Kier alpha value is -2.69. The van der Waals surface area contributed by atoms with E-state index in [9.17, 15) is 9.59 Å². The minimum absolute atomic E-state index is 0.0244. The number of hydrogen-bond donors (Lipinski definition) is 0. The number of carbonyl (C=O) groups excluding carboxylic acids is 2. The molecule has 1 spiro atoms. The third kappa shape index (κ3) is 2.56. The summed E-state index contributed by atoms with van der Waals surface area (Å²) in [6.45, 7) is 0.576. The number of carbonyl (C=O) groups is 2. The highest BCUT2D eigenvalue weighted by atomic mass is 16.5.